The van der Waals surface area contributed by atoms with Crippen molar-refractivity contribution in [1.82, 2.24) is 9.78 Å². The zero-order chi connectivity index (χ0) is 15.2. The van der Waals surface area contributed by atoms with E-state index in [1.54, 1.807) is 0 Å². The van der Waals surface area contributed by atoms with E-state index in [0.717, 1.165) is 50.8 Å². The molecule has 21 heavy (non-hydrogen) atoms. The van der Waals surface area contributed by atoms with Crippen LogP contribution in [0.5, 0.6) is 0 Å². The fourth-order valence-electron chi connectivity index (χ4n) is 3.38. The molecule has 1 saturated carbocycles. The van der Waals surface area contributed by atoms with E-state index in [4.69, 9.17) is 5.73 Å². The third kappa shape index (κ3) is 4.16. The molecule has 1 aromatic rings. The van der Waals surface area contributed by atoms with Gasteiger partial charge in [0.1, 0.15) is 5.78 Å². The first kappa shape index (κ1) is 16.2. The van der Waals surface area contributed by atoms with Crippen LogP contribution in [0.3, 0.4) is 0 Å². The van der Waals surface area contributed by atoms with Gasteiger partial charge in [0.25, 0.3) is 0 Å². The summed E-state index contributed by atoms with van der Waals surface area (Å²) < 4.78 is 2.02. The highest BCUT2D eigenvalue weighted by atomic mass is 16.1. The molecule has 0 amide bonds. The molecule has 2 N–H and O–H groups in total. The largest absolute Gasteiger partial charge is 0.330 e. The number of carbonyl (C=O) groups is 1. The summed E-state index contributed by atoms with van der Waals surface area (Å²) in [5.41, 5.74) is 6.63. The lowest BCUT2D eigenvalue weighted by Crippen LogP contribution is -2.26. The van der Waals surface area contributed by atoms with E-state index >= 15 is 0 Å². The lowest BCUT2D eigenvalue weighted by atomic mass is 9.79. The lowest BCUT2D eigenvalue weighted by molar-refractivity contribution is -0.123. The van der Waals surface area contributed by atoms with Crippen LogP contribution >= 0.6 is 0 Å². The second-order valence-electron chi connectivity index (χ2n) is 6.35. The van der Waals surface area contributed by atoms with E-state index in [2.05, 4.69) is 18.9 Å². The highest BCUT2D eigenvalue weighted by molar-refractivity contribution is 5.82. The smallest absolute Gasteiger partial charge is 0.141 e. The summed E-state index contributed by atoms with van der Waals surface area (Å²) in [7, 11) is 0. The third-order valence-corrected chi connectivity index (χ3v) is 4.97. The highest BCUT2D eigenvalue weighted by Crippen LogP contribution is 2.29. The summed E-state index contributed by atoms with van der Waals surface area (Å²) in [4.78, 5) is 12.4. The van der Waals surface area contributed by atoms with Crippen molar-refractivity contribution >= 4 is 5.78 Å². The van der Waals surface area contributed by atoms with Crippen molar-refractivity contribution in [3.8, 4) is 0 Å². The van der Waals surface area contributed by atoms with Crippen LogP contribution in [0.4, 0.5) is 0 Å². The molecule has 118 valence electrons. The summed E-state index contributed by atoms with van der Waals surface area (Å²) in [5, 5.41) is 4.59. The molecule has 0 spiro atoms. The van der Waals surface area contributed by atoms with Crippen molar-refractivity contribution in [2.75, 3.05) is 6.54 Å². The van der Waals surface area contributed by atoms with Crippen molar-refractivity contribution in [3.63, 3.8) is 0 Å². The minimum absolute atomic E-state index is 0.228. The van der Waals surface area contributed by atoms with Crippen molar-refractivity contribution in [2.45, 2.75) is 64.8 Å². The molecule has 1 heterocycles. The van der Waals surface area contributed by atoms with Crippen molar-refractivity contribution in [1.29, 1.82) is 0 Å². The molecule has 1 fully saturated rings. The molecular weight excluding hydrogens is 262 g/mol. The molecule has 4 nitrogen and oxygen atoms in total. The van der Waals surface area contributed by atoms with Crippen LogP contribution in [0.25, 0.3) is 0 Å². The number of rotatable bonds is 7. The Balaban J connectivity index is 1.88. The molecule has 0 atom stereocenters. The minimum Gasteiger partial charge on any atom is -0.330 e. The molecule has 0 aromatic carbocycles. The second kappa shape index (κ2) is 7.74. The maximum absolute atomic E-state index is 12.4. The van der Waals surface area contributed by atoms with E-state index in [0.29, 0.717) is 24.2 Å². The molecule has 0 aliphatic heterocycles. The number of hydrogen-bond donors (Lipinski definition) is 1. The summed E-state index contributed by atoms with van der Waals surface area (Å²) >= 11 is 0. The van der Waals surface area contributed by atoms with Crippen LogP contribution in [0.1, 0.15) is 64.1 Å². The van der Waals surface area contributed by atoms with E-state index in [9.17, 15) is 4.79 Å². The normalized spacial score (nSPS) is 22.7. The van der Waals surface area contributed by atoms with Gasteiger partial charge in [-0.15, -0.1) is 0 Å². The average Bonchev–Trinajstić information content (AvgIpc) is 2.97. The Morgan fingerprint density at radius 3 is 2.57 bits per heavy atom. The molecule has 2 rings (SSSR count). The lowest BCUT2D eigenvalue weighted by Gasteiger charge is -2.26. The Labute approximate surface area is 128 Å². The first-order chi connectivity index (χ1) is 10.2. The minimum atomic E-state index is 0.228. The maximum Gasteiger partial charge on any atom is 0.141 e. The highest BCUT2D eigenvalue weighted by Gasteiger charge is 2.26. The molecule has 0 saturated heterocycles. The number of nitrogens with zero attached hydrogens (tertiary/aromatic N) is 2. The van der Waals surface area contributed by atoms with Crippen LogP contribution in [0, 0.1) is 11.8 Å². The van der Waals surface area contributed by atoms with Crippen LogP contribution in [0.15, 0.2) is 12.3 Å². The topological polar surface area (TPSA) is 60.9 Å². The zero-order valence-corrected chi connectivity index (χ0v) is 13.4. The Hall–Kier alpha value is -1.16. The predicted molar refractivity (Wildman–Crippen MR) is 85.1 cm³/mol. The molecule has 0 radical (unpaired) electrons. The Kier molecular flexibility index (Phi) is 5.97. The van der Waals surface area contributed by atoms with Gasteiger partial charge in [0.15, 0.2) is 0 Å². The standard InChI is InChI=1S/C17H29N3O/c1-3-16(4-2)20-10-9-15(19-20)11-17(21)14-7-5-13(12-18)6-8-14/h9-10,13-14,16H,3-8,11-12,18H2,1-2H3. The van der Waals surface area contributed by atoms with Gasteiger partial charge in [-0.05, 0) is 57.1 Å². The van der Waals surface area contributed by atoms with Gasteiger partial charge in [-0.25, -0.2) is 0 Å². The van der Waals surface area contributed by atoms with E-state index < -0.39 is 0 Å². The van der Waals surface area contributed by atoms with Crippen molar-refractivity contribution in [3.05, 3.63) is 18.0 Å². The summed E-state index contributed by atoms with van der Waals surface area (Å²) in [6, 6.07) is 2.45. The molecular formula is C17H29N3O. The SMILES string of the molecule is CCC(CC)n1ccc(CC(=O)C2CCC(CN)CC2)n1. The van der Waals surface area contributed by atoms with E-state index in [1.807, 2.05) is 16.9 Å². The number of aromatic nitrogens is 2. The predicted octanol–water partition coefficient (Wildman–Crippen LogP) is 3.12. The Morgan fingerprint density at radius 2 is 2.00 bits per heavy atom. The molecule has 1 aliphatic carbocycles. The number of hydrogen-bond acceptors (Lipinski definition) is 3. The third-order valence-electron chi connectivity index (χ3n) is 4.97. The van der Waals surface area contributed by atoms with Crippen LogP contribution < -0.4 is 5.73 Å². The first-order valence-electron chi connectivity index (χ1n) is 8.44. The van der Waals surface area contributed by atoms with Gasteiger partial charge in [-0.2, -0.15) is 5.10 Å². The van der Waals surface area contributed by atoms with Gasteiger partial charge in [0, 0.05) is 12.1 Å². The van der Waals surface area contributed by atoms with Crippen molar-refractivity contribution in [2.24, 2.45) is 17.6 Å². The summed E-state index contributed by atoms with van der Waals surface area (Å²) in [6.45, 7) is 5.12. The quantitative estimate of drug-likeness (QED) is 0.839. The van der Waals surface area contributed by atoms with Crippen LogP contribution in [-0.2, 0) is 11.2 Å². The number of nitrogens with two attached hydrogens (primary N) is 1. The summed E-state index contributed by atoms with van der Waals surface area (Å²) in [6.07, 6.45) is 8.89. The monoisotopic (exact) mass is 291 g/mol. The van der Waals surface area contributed by atoms with Gasteiger partial charge < -0.3 is 5.73 Å². The van der Waals surface area contributed by atoms with Crippen LogP contribution in [0.2, 0.25) is 0 Å². The molecule has 4 heteroatoms. The van der Waals surface area contributed by atoms with Gasteiger partial charge in [-0.1, -0.05) is 13.8 Å². The average molecular weight is 291 g/mol. The second-order valence-corrected chi connectivity index (χ2v) is 6.35. The number of Topliss-reactive ketones (excluding diaryl/α,β-unsaturated/α-hetero) is 1. The van der Waals surface area contributed by atoms with Gasteiger partial charge in [0.2, 0.25) is 0 Å². The number of carbonyl (C=O) groups excluding carboxylic acids is 1. The summed E-state index contributed by atoms with van der Waals surface area (Å²) in [5.74, 6) is 1.22. The van der Waals surface area contributed by atoms with Gasteiger partial charge in [-0.3, -0.25) is 9.48 Å². The van der Waals surface area contributed by atoms with Crippen molar-refractivity contribution < 1.29 is 4.79 Å². The molecule has 0 unspecified atom stereocenters. The van der Waals surface area contributed by atoms with Gasteiger partial charge >= 0.3 is 0 Å². The molecule has 1 aliphatic rings. The van der Waals surface area contributed by atoms with Crippen LogP contribution in [-0.4, -0.2) is 22.1 Å². The molecule has 1 aromatic heterocycles. The number of ketones is 1. The Bertz CT molecular complexity index is 443. The first-order valence-corrected chi connectivity index (χ1v) is 8.44. The van der Waals surface area contributed by atoms with Gasteiger partial charge in [0.05, 0.1) is 18.2 Å². The zero-order valence-electron chi connectivity index (χ0n) is 13.4. The fourth-order valence-corrected chi connectivity index (χ4v) is 3.38. The van der Waals surface area contributed by atoms with E-state index in [1.165, 1.54) is 0 Å². The maximum atomic E-state index is 12.4. The Morgan fingerprint density at radius 1 is 1.33 bits per heavy atom. The van der Waals surface area contributed by atoms with E-state index in [-0.39, 0.29) is 5.92 Å². The molecule has 0 bridgehead atoms. The fraction of sp³-hybridized carbons (Fsp3) is 0.765.